The largest absolute Gasteiger partial charge is 0.405 e. The number of hydrogen-bond donors (Lipinski definition) is 1. The lowest BCUT2D eigenvalue weighted by atomic mass is 10.1. The summed E-state index contributed by atoms with van der Waals surface area (Å²) in [5.74, 6) is 0. The van der Waals surface area contributed by atoms with E-state index in [1.165, 1.54) is 103 Å². The molecule has 0 aromatic rings. The van der Waals surface area contributed by atoms with Gasteiger partial charge in [-0.25, -0.2) is 9.24 Å². The molecule has 0 aromatic carbocycles. The molecule has 0 aliphatic heterocycles. The van der Waals surface area contributed by atoms with E-state index in [0.29, 0.717) is 19.7 Å². The van der Waals surface area contributed by atoms with Crippen LogP contribution >= 0.6 is 7.75 Å². The van der Waals surface area contributed by atoms with E-state index < -0.39 is 7.75 Å². The van der Waals surface area contributed by atoms with Gasteiger partial charge in [-0.3, -0.25) is 4.52 Å². The molecule has 0 aromatic heterocycles. The molecular weight excluding hydrogens is 441 g/mol. The summed E-state index contributed by atoms with van der Waals surface area (Å²) in [6.45, 7) is 8.45. The third-order valence-electron chi connectivity index (χ3n) is 6.90. The third kappa shape index (κ3) is 22.6. The Kier molecular flexibility index (Phi) is 26.3. The second kappa shape index (κ2) is 26.2. The molecule has 1 N–H and O–H groups in total. The first kappa shape index (κ1) is 34.1. The summed E-state index contributed by atoms with van der Waals surface area (Å²) >= 11 is 0. The third-order valence-corrected chi connectivity index (χ3v) is 8.54. The summed E-state index contributed by atoms with van der Waals surface area (Å²) in [7, 11) is -3.66. The van der Waals surface area contributed by atoms with Crippen LogP contribution in [0.5, 0.6) is 0 Å². The van der Waals surface area contributed by atoms with E-state index in [1.807, 2.05) is 0 Å². The van der Waals surface area contributed by atoms with Gasteiger partial charge in [0.05, 0.1) is 6.61 Å². The summed E-state index contributed by atoms with van der Waals surface area (Å²) in [5, 5.41) is 0. The zero-order valence-electron chi connectivity index (χ0n) is 23.5. The van der Waals surface area contributed by atoms with Crippen molar-refractivity contribution in [2.45, 2.75) is 168 Å². The second-order valence-corrected chi connectivity index (χ2v) is 12.2. The molecule has 0 amide bonds. The minimum atomic E-state index is -3.66. The Hall–Kier alpha value is 0.110. The van der Waals surface area contributed by atoms with Crippen molar-refractivity contribution in [3.8, 4) is 0 Å². The molecule has 0 spiro atoms. The minimum Gasteiger partial charge on any atom is -0.312 e. The number of nitrogens with zero attached hydrogens (tertiary/aromatic N) is 1. The first-order valence-corrected chi connectivity index (χ1v) is 16.8. The van der Waals surface area contributed by atoms with Crippen LogP contribution < -0.4 is 0 Å². The molecule has 1 unspecified atom stereocenters. The quantitative estimate of drug-likeness (QED) is 0.0852. The van der Waals surface area contributed by atoms with Crippen LogP contribution in [0.3, 0.4) is 0 Å². The lowest BCUT2D eigenvalue weighted by molar-refractivity contribution is 0.194. The number of rotatable bonds is 28. The monoisotopic (exact) mass is 503 g/mol. The molecule has 1 atom stereocenters. The fourth-order valence-electron chi connectivity index (χ4n) is 4.55. The van der Waals surface area contributed by atoms with Crippen LogP contribution in [-0.4, -0.2) is 29.3 Å². The smallest absolute Gasteiger partial charge is 0.312 e. The van der Waals surface area contributed by atoms with Crippen LogP contribution in [0, 0.1) is 0 Å². The van der Waals surface area contributed by atoms with Crippen LogP contribution in [-0.2, 0) is 9.09 Å². The lowest BCUT2D eigenvalue weighted by Crippen LogP contribution is -2.24. The molecule has 0 bridgehead atoms. The fourth-order valence-corrected chi connectivity index (χ4v) is 5.86. The molecule has 0 aliphatic rings. The van der Waals surface area contributed by atoms with E-state index in [0.717, 1.165) is 44.9 Å². The molecule has 0 saturated carbocycles. The maximum absolute atomic E-state index is 12.9. The topological polar surface area (TPSA) is 49.8 Å². The highest BCUT2D eigenvalue weighted by Gasteiger charge is 2.28. The van der Waals surface area contributed by atoms with Crippen LogP contribution in [0.1, 0.15) is 168 Å². The van der Waals surface area contributed by atoms with Gasteiger partial charge in [0.15, 0.2) is 0 Å². The van der Waals surface area contributed by atoms with Crippen molar-refractivity contribution >= 4 is 7.75 Å². The second-order valence-electron chi connectivity index (χ2n) is 10.3. The van der Waals surface area contributed by atoms with E-state index in [9.17, 15) is 9.46 Å². The highest BCUT2D eigenvalue weighted by atomic mass is 31.2. The Morgan fingerprint density at radius 1 is 0.500 bits per heavy atom. The van der Waals surface area contributed by atoms with E-state index in [1.54, 1.807) is 4.67 Å². The average molecular weight is 504 g/mol. The molecule has 0 radical (unpaired) electrons. The zero-order valence-corrected chi connectivity index (χ0v) is 24.4. The normalized spacial score (nSPS) is 13.6. The van der Waals surface area contributed by atoms with Crippen LogP contribution in [0.15, 0.2) is 0 Å². The van der Waals surface area contributed by atoms with Crippen LogP contribution in [0.4, 0.5) is 0 Å². The van der Waals surface area contributed by atoms with Gasteiger partial charge in [-0.2, -0.15) is 0 Å². The molecule has 0 heterocycles. The van der Waals surface area contributed by atoms with Crippen LogP contribution in [0.2, 0.25) is 0 Å². The van der Waals surface area contributed by atoms with E-state index in [2.05, 4.69) is 20.8 Å². The van der Waals surface area contributed by atoms with Crippen molar-refractivity contribution in [3.05, 3.63) is 0 Å². The molecule has 4 nitrogen and oxygen atoms in total. The Balaban J connectivity index is 4.12. The van der Waals surface area contributed by atoms with Crippen molar-refractivity contribution < 1.29 is 14.0 Å². The SMILES string of the molecule is CCCCCCCCCCCCN(CCCCCCCCCCCC)P(=O)(O)OCCCCC. The van der Waals surface area contributed by atoms with Crippen molar-refractivity contribution in [1.82, 2.24) is 4.67 Å². The molecule has 0 aliphatic carbocycles. The zero-order chi connectivity index (χ0) is 25.2. The Morgan fingerprint density at radius 3 is 1.15 bits per heavy atom. The highest BCUT2D eigenvalue weighted by molar-refractivity contribution is 7.50. The number of unbranched alkanes of at least 4 members (excludes halogenated alkanes) is 20. The lowest BCUT2D eigenvalue weighted by Gasteiger charge is -2.26. The van der Waals surface area contributed by atoms with Gasteiger partial charge in [0.25, 0.3) is 0 Å². The van der Waals surface area contributed by atoms with Gasteiger partial charge in [-0.05, 0) is 19.3 Å². The Morgan fingerprint density at radius 2 is 0.794 bits per heavy atom. The Labute approximate surface area is 214 Å². The molecule has 34 heavy (non-hydrogen) atoms. The minimum absolute atomic E-state index is 0.397. The maximum Gasteiger partial charge on any atom is 0.405 e. The van der Waals surface area contributed by atoms with E-state index >= 15 is 0 Å². The summed E-state index contributed by atoms with van der Waals surface area (Å²) in [6.07, 6.45) is 28.7. The van der Waals surface area contributed by atoms with Gasteiger partial charge >= 0.3 is 7.75 Å². The summed E-state index contributed by atoms with van der Waals surface area (Å²) in [4.78, 5) is 10.6. The molecule has 206 valence electrons. The van der Waals surface area contributed by atoms with Gasteiger partial charge in [0.2, 0.25) is 0 Å². The van der Waals surface area contributed by atoms with Crippen molar-refractivity contribution in [3.63, 3.8) is 0 Å². The number of hydrogen-bond acceptors (Lipinski definition) is 2. The predicted octanol–water partition coefficient (Wildman–Crippen LogP) is 10.4. The summed E-state index contributed by atoms with van der Waals surface area (Å²) in [6, 6.07) is 0. The molecule has 0 saturated heterocycles. The first-order chi connectivity index (χ1) is 16.6. The van der Waals surface area contributed by atoms with Gasteiger partial charge < -0.3 is 4.89 Å². The summed E-state index contributed by atoms with van der Waals surface area (Å²) < 4.78 is 20.2. The van der Waals surface area contributed by atoms with E-state index in [-0.39, 0.29) is 0 Å². The molecule has 0 fully saturated rings. The Bertz CT molecular complexity index is 423. The van der Waals surface area contributed by atoms with Crippen molar-refractivity contribution in [1.29, 1.82) is 0 Å². The van der Waals surface area contributed by atoms with Crippen LogP contribution in [0.25, 0.3) is 0 Å². The molecule has 0 rings (SSSR count). The van der Waals surface area contributed by atoms with Gasteiger partial charge in [-0.15, -0.1) is 0 Å². The van der Waals surface area contributed by atoms with Gasteiger partial charge in [-0.1, -0.05) is 149 Å². The average Bonchev–Trinajstić information content (AvgIpc) is 2.82. The molecular formula is C29H62NO3P. The predicted molar refractivity (Wildman–Crippen MR) is 151 cm³/mol. The van der Waals surface area contributed by atoms with Gasteiger partial charge in [0.1, 0.15) is 0 Å². The van der Waals surface area contributed by atoms with Gasteiger partial charge in [0, 0.05) is 13.1 Å². The fraction of sp³-hybridized carbons (Fsp3) is 1.00. The first-order valence-electron chi connectivity index (χ1n) is 15.3. The van der Waals surface area contributed by atoms with Crippen molar-refractivity contribution in [2.75, 3.05) is 19.7 Å². The van der Waals surface area contributed by atoms with E-state index in [4.69, 9.17) is 4.52 Å². The maximum atomic E-state index is 12.9. The summed E-state index contributed by atoms with van der Waals surface area (Å²) in [5.41, 5.74) is 0. The standard InChI is InChI=1S/C29H62NO3P/c1-4-7-10-12-14-16-18-20-22-24-27-30(34(31,32)33-29-26-9-6-3)28-25-23-21-19-17-15-13-11-8-5-2/h4-29H2,1-3H3,(H,31,32). The van der Waals surface area contributed by atoms with Crippen molar-refractivity contribution in [2.24, 2.45) is 0 Å². The molecule has 5 heteroatoms. The highest BCUT2D eigenvalue weighted by Crippen LogP contribution is 2.46.